The molecule has 0 spiro atoms. The number of benzene rings is 1. The molecule has 20 heavy (non-hydrogen) atoms. The van der Waals surface area contributed by atoms with Crippen molar-refractivity contribution >= 4 is 11.3 Å². The van der Waals surface area contributed by atoms with Gasteiger partial charge in [-0.15, -0.1) is 11.3 Å². The third-order valence-electron chi connectivity index (χ3n) is 3.85. The number of aromatic nitrogens is 1. The number of thiazole rings is 1. The molecule has 2 aromatic rings. The van der Waals surface area contributed by atoms with Crippen molar-refractivity contribution in [1.29, 1.82) is 0 Å². The Kier molecular flexibility index (Phi) is 3.87. The van der Waals surface area contributed by atoms with Crippen LogP contribution in [-0.2, 0) is 16.9 Å². The van der Waals surface area contributed by atoms with E-state index in [1.165, 1.54) is 6.42 Å². The van der Waals surface area contributed by atoms with Crippen molar-refractivity contribution < 1.29 is 4.74 Å². The lowest BCUT2D eigenvalue weighted by Crippen LogP contribution is -2.29. The van der Waals surface area contributed by atoms with Gasteiger partial charge in [0.25, 0.3) is 0 Å². The maximum absolute atomic E-state index is 6.01. The Labute approximate surface area is 123 Å². The molecule has 2 heterocycles. The minimum atomic E-state index is -0.236. The van der Waals surface area contributed by atoms with Crippen molar-refractivity contribution in [2.75, 3.05) is 6.61 Å². The van der Waals surface area contributed by atoms with Crippen LogP contribution in [0.4, 0.5) is 0 Å². The van der Waals surface area contributed by atoms with Gasteiger partial charge in [0.05, 0.1) is 5.69 Å². The van der Waals surface area contributed by atoms with E-state index >= 15 is 0 Å². The van der Waals surface area contributed by atoms with Gasteiger partial charge in [-0.3, -0.25) is 0 Å². The summed E-state index contributed by atoms with van der Waals surface area (Å²) < 4.78 is 6.01. The lowest BCUT2D eigenvalue weighted by molar-refractivity contribution is -0.0701. The van der Waals surface area contributed by atoms with Gasteiger partial charge < -0.3 is 10.5 Å². The Balaban J connectivity index is 2.00. The third-order valence-corrected chi connectivity index (χ3v) is 5.17. The van der Waals surface area contributed by atoms with Gasteiger partial charge >= 0.3 is 0 Å². The van der Waals surface area contributed by atoms with Crippen LogP contribution < -0.4 is 5.73 Å². The molecule has 1 aromatic carbocycles. The fourth-order valence-electron chi connectivity index (χ4n) is 2.64. The van der Waals surface area contributed by atoms with E-state index in [0.717, 1.165) is 40.6 Å². The average molecular weight is 288 g/mol. The van der Waals surface area contributed by atoms with E-state index in [1.807, 2.05) is 18.2 Å². The Hall–Kier alpha value is -1.23. The first-order valence-electron chi connectivity index (χ1n) is 7.12. The maximum atomic E-state index is 6.01. The lowest BCUT2D eigenvalue weighted by atomic mass is 9.97. The van der Waals surface area contributed by atoms with Crippen LogP contribution in [0.1, 0.15) is 36.1 Å². The number of nitrogens with zero attached hydrogens (tertiary/aromatic N) is 1. The summed E-state index contributed by atoms with van der Waals surface area (Å²) >= 11 is 1.70. The van der Waals surface area contributed by atoms with E-state index in [0.29, 0.717) is 6.54 Å². The van der Waals surface area contributed by atoms with Crippen LogP contribution in [0.5, 0.6) is 0 Å². The molecule has 1 aliphatic heterocycles. The summed E-state index contributed by atoms with van der Waals surface area (Å²) in [7, 11) is 0. The molecule has 0 aliphatic carbocycles. The molecule has 1 unspecified atom stereocenters. The smallest absolute Gasteiger partial charge is 0.125 e. The largest absolute Gasteiger partial charge is 0.368 e. The van der Waals surface area contributed by atoms with Crippen LogP contribution in [-0.4, -0.2) is 11.6 Å². The Bertz CT molecular complexity index is 573. The van der Waals surface area contributed by atoms with Gasteiger partial charge in [0.15, 0.2) is 0 Å². The average Bonchev–Trinajstić information content (AvgIpc) is 2.94. The molecule has 2 N–H and O–H groups in total. The number of hydrogen-bond acceptors (Lipinski definition) is 4. The molecule has 4 heteroatoms. The van der Waals surface area contributed by atoms with Gasteiger partial charge in [-0.25, -0.2) is 4.98 Å². The Morgan fingerprint density at radius 3 is 2.75 bits per heavy atom. The van der Waals surface area contributed by atoms with Crippen LogP contribution >= 0.6 is 11.3 Å². The highest BCUT2D eigenvalue weighted by Gasteiger charge is 2.34. The second-order valence-electron chi connectivity index (χ2n) is 5.40. The normalized spacial score (nSPS) is 22.9. The minimum Gasteiger partial charge on any atom is -0.368 e. The van der Waals surface area contributed by atoms with E-state index < -0.39 is 0 Å². The number of ether oxygens (including phenoxy) is 1. The number of hydrogen-bond donors (Lipinski definition) is 1. The summed E-state index contributed by atoms with van der Waals surface area (Å²) in [6.45, 7) is 3.51. The standard InChI is InChI=1S/C16H20N2OS/c1-16(9-5-6-10-19-16)15-18-14(13(11-17)20-15)12-7-3-2-4-8-12/h2-4,7-8H,5-6,9-11,17H2,1H3. The number of rotatable bonds is 3. The first kappa shape index (κ1) is 13.7. The zero-order valence-electron chi connectivity index (χ0n) is 11.8. The SMILES string of the molecule is CC1(c2nc(-c3ccccc3)c(CN)s2)CCCCO1. The predicted molar refractivity (Wildman–Crippen MR) is 82.6 cm³/mol. The highest BCUT2D eigenvalue weighted by molar-refractivity contribution is 7.12. The fourth-order valence-corrected chi connectivity index (χ4v) is 3.73. The molecule has 0 radical (unpaired) electrons. The van der Waals surface area contributed by atoms with Gasteiger partial charge in [-0.05, 0) is 26.2 Å². The summed E-state index contributed by atoms with van der Waals surface area (Å²) in [5.41, 5.74) is 7.82. The molecule has 3 nitrogen and oxygen atoms in total. The van der Waals surface area contributed by atoms with Crippen LogP contribution in [0.3, 0.4) is 0 Å². The molecule has 1 fully saturated rings. The summed E-state index contributed by atoms with van der Waals surface area (Å²) in [5, 5.41) is 1.07. The summed E-state index contributed by atoms with van der Waals surface area (Å²) in [5.74, 6) is 0. The number of nitrogens with two attached hydrogens (primary N) is 1. The molecule has 1 atom stereocenters. The molecule has 1 aliphatic rings. The highest BCUT2D eigenvalue weighted by Crippen LogP contribution is 2.40. The second-order valence-corrected chi connectivity index (χ2v) is 6.48. The van der Waals surface area contributed by atoms with Crippen LogP contribution in [0.2, 0.25) is 0 Å². The second kappa shape index (κ2) is 5.64. The van der Waals surface area contributed by atoms with Crippen molar-refractivity contribution in [2.24, 2.45) is 5.73 Å². The zero-order valence-corrected chi connectivity index (χ0v) is 12.6. The van der Waals surface area contributed by atoms with Gasteiger partial charge in [-0.1, -0.05) is 30.3 Å². The van der Waals surface area contributed by atoms with Crippen LogP contribution in [0, 0.1) is 0 Å². The van der Waals surface area contributed by atoms with E-state index in [2.05, 4.69) is 19.1 Å². The molecule has 1 aromatic heterocycles. The topological polar surface area (TPSA) is 48.1 Å². The Morgan fingerprint density at radius 1 is 1.30 bits per heavy atom. The Morgan fingerprint density at radius 2 is 2.10 bits per heavy atom. The van der Waals surface area contributed by atoms with Crippen molar-refractivity contribution in [1.82, 2.24) is 4.98 Å². The quantitative estimate of drug-likeness (QED) is 0.937. The van der Waals surface area contributed by atoms with Crippen molar-refractivity contribution in [3.63, 3.8) is 0 Å². The molecule has 0 amide bonds. The van der Waals surface area contributed by atoms with Gasteiger partial charge in [0.1, 0.15) is 10.6 Å². The molecule has 0 bridgehead atoms. The lowest BCUT2D eigenvalue weighted by Gasteiger charge is -2.31. The van der Waals surface area contributed by atoms with Crippen molar-refractivity contribution in [2.45, 2.75) is 38.3 Å². The minimum absolute atomic E-state index is 0.236. The highest BCUT2D eigenvalue weighted by atomic mass is 32.1. The van der Waals surface area contributed by atoms with Gasteiger partial charge in [-0.2, -0.15) is 0 Å². The predicted octanol–water partition coefficient (Wildman–Crippen LogP) is 3.68. The summed E-state index contributed by atoms with van der Waals surface area (Å²) in [6.07, 6.45) is 3.39. The monoisotopic (exact) mass is 288 g/mol. The summed E-state index contributed by atoms with van der Waals surface area (Å²) in [4.78, 5) is 6.00. The van der Waals surface area contributed by atoms with Gasteiger partial charge in [0, 0.05) is 23.6 Å². The summed E-state index contributed by atoms with van der Waals surface area (Å²) in [6, 6.07) is 10.3. The van der Waals surface area contributed by atoms with E-state index in [1.54, 1.807) is 11.3 Å². The molecule has 1 saturated heterocycles. The molecule has 0 saturated carbocycles. The van der Waals surface area contributed by atoms with Crippen LogP contribution in [0.15, 0.2) is 30.3 Å². The first-order chi connectivity index (χ1) is 9.73. The van der Waals surface area contributed by atoms with E-state index in [-0.39, 0.29) is 5.60 Å². The molecule has 106 valence electrons. The molecule has 3 rings (SSSR count). The van der Waals surface area contributed by atoms with Crippen molar-refractivity contribution in [3.8, 4) is 11.3 Å². The van der Waals surface area contributed by atoms with Crippen molar-refractivity contribution in [3.05, 3.63) is 40.2 Å². The molecular weight excluding hydrogens is 268 g/mol. The molecular formula is C16H20N2OS. The maximum Gasteiger partial charge on any atom is 0.125 e. The third kappa shape index (κ3) is 2.51. The van der Waals surface area contributed by atoms with E-state index in [9.17, 15) is 0 Å². The zero-order chi connectivity index (χ0) is 14.0. The first-order valence-corrected chi connectivity index (χ1v) is 7.94. The fraction of sp³-hybridized carbons (Fsp3) is 0.438. The van der Waals surface area contributed by atoms with Gasteiger partial charge in [0.2, 0.25) is 0 Å². The van der Waals surface area contributed by atoms with E-state index in [4.69, 9.17) is 15.5 Å². The van der Waals surface area contributed by atoms with Crippen LogP contribution in [0.25, 0.3) is 11.3 Å².